The van der Waals surface area contributed by atoms with E-state index in [4.69, 9.17) is 20.1 Å². The van der Waals surface area contributed by atoms with Crippen LogP contribution < -0.4 is 0 Å². The molecule has 0 bridgehead atoms. The smallest absolute Gasteiger partial charge is 0.681 e. The second-order valence-corrected chi connectivity index (χ2v) is 19.8. The quantitative estimate of drug-likeness (QED) is 0.149. The predicted octanol–water partition coefficient (Wildman–Crippen LogP) is 12.8. The van der Waals surface area contributed by atoms with Gasteiger partial charge in [0.1, 0.15) is 0 Å². The van der Waals surface area contributed by atoms with E-state index < -0.39 is 8.07 Å². The summed E-state index contributed by atoms with van der Waals surface area (Å²) in [6, 6.07) is 27.4. The Morgan fingerprint density at radius 3 is 1.17 bits per heavy atom. The molecule has 4 aliphatic rings. The van der Waals surface area contributed by atoms with Gasteiger partial charge in [-0.25, -0.2) is 0 Å². The molecular formula is C42H57N2O2SiYb. The Hall–Kier alpha value is -1.34. The van der Waals surface area contributed by atoms with E-state index in [0.717, 1.165) is 37.8 Å². The van der Waals surface area contributed by atoms with Crippen LogP contribution in [0.3, 0.4) is 0 Å². The second kappa shape index (κ2) is 20.5. The van der Waals surface area contributed by atoms with E-state index in [1.54, 1.807) is 0 Å². The molecule has 48 heavy (non-hydrogen) atoms. The maximum atomic E-state index is 5.32. The molecule has 6 heteroatoms. The number of hydrogen-bond acceptors (Lipinski definition) is 2. The summed E-state index contributed by atoms with van der Waals surface area (Å²) in [5.74, 6) is 0. The number of fused-ring (bicyclic) bond motifs is 2. The van der Waals surface area contributed by atoms with Gasteiger partial charge in [0.05, 0.1) is 0 Å². The van der Waals surface area contributed by atoms with Gasteiger partial charge < -0.3 is 26.7 Å². The summed E-state index contributed by atoms with van der Waals surface area (Å²) in [6.45, 7) is 14.6. The van der Waals surface area contributed by atoms with Crippen molar-refractivity contribution in [3.63, 3.8) is 0 Å². The summed E-state index contributed by atoms with van der Waals surface area (Å²) in [5, 5.41) is 15.8. The number of benzene rings is 4. The molecular weight excluding hydrogens is 766 g/mol. The summed E-state index contributed by atoms with van der Waals surface area (Å²) >= 11 is 0. The second-order valence-electron chi connectivity index (χ2n) is 14.7. The van der Waals surface area contributed by atoms with E-state index in [2.05, 4.69) is 99.0 Å². The van der Waals surface area contributed by atoms with Crippen LogP contribution in [0.25, 0.3) is 43.3 Å². The van der Waals surface area contributed by atoms with Gasteiger partial charge in [-0.3, -0.25) is 0 Å². The zero-order chi connectivity index (χ0) is 32.9. The van der Waals surface area contributed by atoms with Crippen LogP contribution in [0.4, 0.5) is 11.4 Å². The van der Waals surface area contributed by atoms with Crippen LogP contribution >= 0.6 is 0 Å². The molecule has 2 saturated carbocycles. The third kappa shape index (κ3) is 12.5. The molecule has 265 valence electrons. The SMILES string of the molecule is C1CCOC1.C1CCOC1.[CH2-][Si](C)(C)C.[Yb+3].c1ccc2c(-c3c([N-]C4CCCC4)ccc4ccccc34)c([N-]C3CCCC3)ccc2c1. The summed E-state index contributed by atoms with van der Waals surface area (Å²) in [7, 11) is -0.861. The molecule has 2 saturated heterocycles. The molecule has 0 amide bonds. The topological polar surface area (TPSA) is 46.7 Å². The van der Waals surface area contributed by atoms with Gasteiger partial charge in [-0.2, -0.15) is 0 Å². The minimum Gasteiger partial charge on any atom is -0.681 e. The molecule has 2 heterocycles. The molecule has 4 nitrogen and oxygen atoms in total. The minimum atomic E-state index is -0.861. The number of rotatable bonds is 5. The Labute approximate surface area is 330 Å². The normalized spacial score (nSPS) is 17.8. The van der Waals surface area contributed by atoms with Gasteiger partial charge in [-0.1, -0.05) is 144 Å². The molecule has 4 fully saturated rings. The fraction of sp³-hybridized carbons (Fsp3) is 0.500. The van der Waals surface area contributed by atoms with Gasteiger partial charge in [0, 0.05) is 26.4 Å². The van der Waals surface area contributed by atoms with Gasteiger partial charge >= 0.3 is 46.9 Å². The molecule has 2 aliphatic carbocycles. The molecule has 2 aliphatic heterocycles. The van der Waals surface area contributed by atoms with Crippen molar-refractivity contribution in [3.8, 4) is 11.1 Å². The minimum absolute atomic E-state index is 0. The third-order valence-corrected chi connectivity index (χ3v) is 9.01. The number of hydrogen-bond donors (Lipinski definition) is 0. The van der Waals surface area contributed by atoms with Crippen LogP contribution in [0.5, 0.6) is 0 Å². The maximum Gasteiger partial charge on any atom is 3.00 e. The van der Waals surface area contributed by atoms with E-state index in [-0.39, 0.29) is 46.9 Å². The van der Waals surface area contributed by atoms with Crippen molar-refractivity contribution in [2.24, 2.45) is 0 Å². The standard InChI is InChI=1S/C30H30N2.2C4H8O.C4H11Si.Yb/c1-7-15-25-21(9-1)17-19-27(31-23-11-3-4-12-23)29(25)30-26-16-8-2-10-22(26)18-20-28(30)32-24-13-5-6-14-24;2*1-2-4-5-3-1;1-5(2,3)4;/h1-2,7-10,15-20,23-24H,3-6,11-14H2;2*1-4H2;1H2,2-4H3;/q-2;;;-1;+3. The molecule has 1 radical (unpaired) electrons. The van der Waals surface area contributed by atoms with E-state index in [9.17, 15) is 0 Å². The Morgan fingerprint density at radius 2 is 0.854 bits per heavy atom. The number of nitrogens with zero attached hydrogens (tertiary/aromatic N) is 2. The summed E-state index contributed by atoms with van der Waals surface area (Å²) in [6.07, 6.45) is 15.1. The molecule has 8 rings (SSSR count). The van der Waals surface area contributed by atoms with Crippen LogP contribution in [0, 0.1) is 53.5 Å². The zero-order valence-electron chi connectivity index (χ0n) is 29.6. The first-order valence-corrected chi connectivity index (χ1v) is 22.0. The van der Waals surface area contributed by atoms with E-state index in [0.29, 0.717) is 12.1 Å². The van der Waals surface area contributed by atoms with E-state index >= 15 is 0 Å². The Balaban J connectivity index is 0.000000269. The number of ether oxygens (including phenoxy) is 2. The molecule has 4 aromatic carbocycles. The Kier molecular flexibility index (Phi) is 16.8. The predicted molar refractivity (Wildman–Crippen MR) is 206 cm³/mol. The van der Waals surface area contributed by atoms with Crippen LogP contribution in [0.1, 0.15) is 77.0 Å². The first kappa shape index (κ1) is 39.4. The van der Waals surface area contributed by atoms with Gasteiger partial charge in [0.2, 0.25) is 0 Å². The van der Waals surface area contributed by atoms with Crippen LogP contribution in [0.15, 0.2) is 72.8 Å². The van der Waals surface area contributed by atoms with Gasteiger partial charge in [0.25, 0.3) is 0 Å². The molecule has 0 atom stereocenters. The average Bonchev–Trinajstić information content (AvgIpc) is 3.90. The largest absolute Gasteiger partial charge is 3.00 e. The van der Waals surface area contributed by atoms with Gasteiger partial charge in [-0.15, -0.1) is 31.5 Å². The molecule has 4 aromatic rings. The van der Waals surface area contributed by atoms with Crippen molar-refractivity contribution in [2.45, 2.75) is 109 Å². The van der Waals surface area contributed by atoms with E-state index in [1.807, 2.05) is 0 Å². The first-order chi connectivity index (χ1) is 22.9. The van der Waals surface area contributed by atoms with Gasteiger partial charge in [0.15, 0.2) is 0 Å². The average molecular weight is 823 g/mol. The van der Waals surface area contributed by atoms with Crippen molar-refractivity contribution in [1.29, 1.82) is 0 Å². The monoisotopic (exact) mass is 823 g/mol. The van der Waals surface area contributed by atoms with Crippen LogP contribution in [-0.2, 0) is 9.47 Å². The Bertz CT molecular complexity index is 1390. The van der Waals surface area contributed by atoms with Crippen molar-refractivity contribution in [1.82, 2.24) is 0 Å². The Morgan fingerprint density at radius 1 is 0.521 bits per heavy atom. The van der Waals surface area contributed by atoms with Gasteiger partial charge in [-0.05, 0) is 58.4 Å². The fourth-order valence-electron chi connectivity index (χ4n) is 6.74. The molecule has 0 N–H and O–H groups in total. The summed E-state index contributed by atoms with van der Waals surface area (Å²) in [4.78, 5) is 0. The van der Waals surface area contributed by atoms with Crippen molar-refractivity contribution >= 4 is 41.0 Å². The van der Waals surface area contributed by atoms with Crippen LogP contribution in [-0.4, -0.2) is 46.6 Å². The first-order valence-electron chi connectivity index (χ1n) is 18.3. The van der Waals surface area contributed by atoms with E-state index in [1.165, 1.54) is 110 Å². The summed E-state index contributed by atoms with van der Waals surface area (Å²) in [5.41, 5.74) is 4.80. The zero-order valence-corrected chi connectivity index (χ0v) is 32.3. The maximum absolute atomic E-state index is 5.32. The van der Waals surface area contributed by atoms with Crippen molar-refractivity contribution < 1.29 is 56.4 Å². The van der Waals surface area contributed by atoms with Crippen LogP contribution in [0.2, 0.25) is 19.6 Å². The third-order valence-electron chi connectivity index (χ3n) is 9.01. The molecule has 0 unspecified atom stereocenters. The fourth-order valence-corrected chi connectivity index (χ4v) is 6.74. The van der Waals surface area contributed by atoms with Crippen molar-refractivity contribution in [3.05, 3.63) is 90.0 Å². The van der Waals surface area contributed by atoms with Crippen molar-refractivity contribution in [2.75, 3.05) is 26.4 Å². The summed E-state index contributed by atoms with van der Waals surface area (Å²) < 4.78 is 9.89. The molecule has 0 aromatic heterocycles. The molecule has 0 spiro atoms.